The number of rotatable bonds is 11. The summed E-state index contributed by atoms with van der Waals surface area (Å²) in [6.45, 7) is 19.1. The summed E-state index contributed by atoms with van der Waals surface area (Å²) < 4.78 is 48.6. The van der Waals surface area contributed by atoms with Crippen molar-refractivity contribution in [3.05, 3.63) is 94.6 Å². The molecule has 4 amide bonds. The lowest BCUT2D eigenvalue weighted by Crippen LogP contribution is -2.54. The summed E-state index contributed by atoms with van der Waals surface area (Å²) >= 11 is 0. The van der Waals surface area contributed by atoms with Crippen molar-refractivity contribution in [3.8, 4) is 23.0 Å². The molecule has 1 unspecified atom stereocenters. The van der Waals surface area contributed by atoms with Crippen molar-refractivity contribution in [3.63, 3.8) is 0 Å². The van der Waals surface area contributed by atoms with Crippen LogP contribution in [-0.4, -0.2) is 126 Å². The number of nitrogens with zero attached hydrogens (tertiary/aromatic N) is 4. The van der Waals surface area contributed by atoms with Crippen LogP contribution in [0.2, 0.25) is 0 Å². The number of methoxy groups -OCH3 is 2. The molecule has 0 bridgehead atoms. The Kier molecular flexibility index (Phi) is 14.1. The van der Waals surface area contributed by atoms with Gasteiger partial charge in [0.05, 0.1) is 54.4 Å². The topological polar surface area (TPSA) is 213 Å². The maximum atomic E-state index is 14.6. The molecule has 19 nitrogen and oxygen atoms in total. The maximum Gasteiger partial charge on any atom is 0.417 e. The van der Waals surface area contributed by atoms with E-state index in [-0.39, 0.29) is 89.7 Å². The number of hydrogen-bond donors (Lipinski definition) is 2. The van der Waals surface area contributed by atoms with Crippen molar-refractivity contribution in [1.29, 1.82) is 0 Å². The third kappa shape index (κ3) is 10.6. The summed E-state index contributed by atoms with van der Waals surface area (Å²) in [6.07, 6.45) is -2.63. The van der Waals surface area contributed by atoms with Crippen molar-refractivity contribution in [1.82, 2.24) is 9.80 Å². The highest BCUT2D eigenvalue weighted by molar-refractivity contribution is 6.07. The van der Waals surface area contributed by atoms with Crippen molar-refractivity contribution in [2.45, 2.75) is 129 Å². The molecule has 5 aliphatic heterocycles. The predicted octanol–water partition coefficient (Wildman–Crippen LogP) is 7.80. The zero-order chi connectivity index (χ0) is 51.3. The van der Waals surface area contributed by atoms with Gasteiger partial charge in [0.25, 0.3) is 11.8 Å². The average Bonchev–Trinajstić information content (AvgIpc) is 3.86. The molecule has 0 aromatic heterocycles. The van der Waals surface area contributed by atoms with E-state index in [2.05, 4.69) is 13.2 Å². The quantitative estimate of drug-likeness (QED) is 0.139. The minimum Gasteiger partial charge on any atom is -0.493 e. The molecule has 2 N–H and O–H groups in total. The van der Waals surface area contributed by atoms with Crippen LogP contribution in [0.3, 0.4) is 0 Å². The van der Waals surface area contributed by atoms with E-state index in [1.165, 1.54) is 42.2 Å². The smallest absolute Gasteiger partial charge is 0.417 e. The molecule has 5 aliphatic rings. The molecule has 380 valence electrons. The number of carbonyl (C=O) groups is 5. The molecular formula is C52H62N4O15. The minimum absolute atomic E-state index is 0.0152. The molecule has 0 aliphatic carbocycles. The molecule has 5 heterocycles. The maximum absolute atomic E-state index is 14.6. The van der Waals surface area contributed by atoms with Gasteiger partial charge >= 0.3 is 18.2 Å². The van der Waals surface area contributed by atoms with Gasteiger partial charge < -0.3 is 57.9 Å². The molecule has 5 atom stereocenters. The van der Waals surface area contributed by atoms with Gasteiger partial charge in [-0.25, -0.2) is 24.2 Å². The Balaban J connectivity index is 1.15. The average molecular weight is 983 g/mol. The highest BCUT2D eigenvalue weighted by atomic mass is 16.7. The zero-order valence-corrected chi connectivity index (χ0v) is 41.4. The molecule has 19 heteroatoms. The van der Waals surface area contributed by atoms with Crippen LogP contribution in [0, 0.1) is 0 Å². The Morgan fingerprint density at radius 2 is 1.23 bits per heavy atom. The number of aliphatic hydroxyl groups excluding tert-OH is 1. The van der Waals surface area contributed by atoms with Gasteiger partial charge in [0.1, 0.15) is 24.4 Å². The number of benzene rings is 3. The molecule has 0 spiro atoms. The normalized spacial score (nSPS) is 22.2. The first-order valence-corrected chi connectivity index (χ1v) is 23.5. The van der Waals surface area contributed by atoms with Crippen molar-refractivity contribution >= 4 is 41.3 Å². The lowest BCUT2D eigenvalue weighted by atomic mass is 10.1. The van der Waals surface area contributed by atoms with Crippen LogP contribution in [0.5, 0.6) is 23.0 Å². The third-order valence-electron chi connectivity index (χ3n) is 12.5. The lowest BCUT2D eigenvalue weighted by Gasteiger charge is -2.39. The fourth-order valence-corrected chi connectivity index (χ4v) is 9.50. The van der Waals surface area contributed by atoms with Crippen molar-refractivity contribution in [2.75, 3.05) is 43.7 Å². The summed E-state index contributed by atoms with van der Waals surface area (Å²) in [5, 5.41) is 21.7. The molecule has 3 aromatic rings. The SMILES string of the molecule is C=C1C[C@H]2[C@H](O)N(C(=O)O)c3cc(OCc4cc(COc5cc6c(cc5OC)C(=O)N5CC(=C)C[C@H]5[C@H](OC5CCCCO5)N6C(=O)OC(C)(C)C)cc(C(=O)OC(C)(C)C)c4)c(OC)cc3C(=O)N2C1. The molecule has 3 fully saturated rings. The second-order valence-electron chi connectivity index (χ2n) is 20.3. The van der Waals surface area contributed by atoms with E-state index >= 15 is 0 Å². The van der Waals surface area contributed by atoms with Crippen molar-refractivity contribution < 1.29 is 72.1 Å². The standard InChI is InChI=1S/C52H62N4O15/c1-28-15-37-46(59)55(49(61)62)35-22-41(39(64-9)20-33(35)44(57)53(37)24-28)67-26-30-17-31(19-32(18-30)48(60)70-51(3,4)5)27-68-42-23-36-34(21-40(42)65-10)45(58)54-25-29(2)16-38(54)47(69-43-13-11-12-14-66-43)56(36)50(63)71-52(6,7)8/h17-23,37-38,43,46-47,59H,1-2,11-16,24-27H2,3-10H3,(H,61,62)/t37-,38-,43?,46-,47-/m0/s1. The number of fused-ring (bicyclic) bond motifs is 4. The van der Waals surface area contributed by atoms with Gasteiger partial charge in [0.15, 0.2) is 41.7 Å². The molecular weight excluding hydrogens is 921 g/mol. The van der Waals surface area contributed by atoms with Gasteiger partial charge in [-0.1, -0.05) is 24.3 Å². The van der Waals surface area contributed by atoms with Gasteiger partial charge in [0, 0.05) is 31.8 Å². The molecule has 0 radical (unpaired) electrons. The number of carboxylic acid groups (broad SMARTS) is 1. The first-order chi connectivity index (χ1) is 33.5. The van der Waals surface area contributed by atoms with Crippen LogP contribution in [0.15, 0.2) is 66.8 Å². The number of carbonyl (C=O) groups excluding carboxylic acids is 4. The Hall–Kier alpha value is -6.83. The third-order valence-corrected chi connectivity index (χ3v) is 12.5. The van der Waals surface area contributed by atoms with Crippen LogP contribution in [0.1, 0.15) is 116 Å². The van der Waals surface area contributed by atoms with E-state index in [0.717, 1.165) is 23.3 Å². The number of ether oxygens (including phenoxy) is 8. The van der Waals surface area contributed by atoms with Gasteiger partial charge in [-0.3, -0.25) is 9.59 Å². The van der Waals surface area contributed by atoms with Crippen LogP contribution in [-0.2, 0) is 32.2 Å². The van der Waals surface area contributed by atoms with E-state index < -0.39 is 66.1 Å². The van der Waals surface area contributed by atoms with E-state index in [0.29, 0.717) is 36.1 Å². The largest absolute Gasteiger partial charge is 0.493 e. The van der Waals surface area contributed by atoms with Gasteiger partial charge in [-0.2, -0.15) is 0 Å². The lowest BCUT2D eigenvalue weighted by molar-refractivity contribution is -0.195. The molecule has 8 rings (SSSR count). The second kappa shape index (κ2) is 19.8. The highest BCUT2D eigenvalue weighted by Gasteiger charge is 2.50. The van der Waals surface area contributed by atoms with E-state index in [1.54, 1.807) is 70.7 Å². The van der Waals surface area contributed by atoms with E-state index in [9.17, 15) is 34.2 Å². The van der Waals surface area contributed by atoms with Gasteiger partial charge in [-0.15, -0.1) is 0 Å². The number of amides is 4. The summed E-state index contributed by atoms with van der Waals surface area (Å²) in [6, 6.07) is 9.19. The van der Waals surface area contributed by atoms with Crippen LogP contribution in [0.4, 0.5) is 21.0 Å². The van der Waals surface area contributed by atoms with Crippen LogP contribution < -0.4 is 28.7 Å². The predicted molar refractivity (Wildman–Crippen MR) is 257 cm³/mol. The number of anilines is 2. The van der Waals surface area contributed by atoms with Gasteiger partial charge in [-0.05, 0) is 115 Å². The van der Waals surface area contributed by atoms with Gasteiger partial charge in [0.2, 0.25) is 0 Å². The second-order valence-corrected chi connectivity index (χ2v) is 20.3. The summed E-state index contributed by atoms with van der Waals surface area (Å²) in [5.74, 6) is -1.03. The Morgan fingerprint density at radius 3 is 1.72 bits per heavy atom. The Labute approximate surface area is 412 Å². The molecule has 3 saturated heterocycles. The minimum atomic E-state index is -1.60. The summed E-state index contributed by atoms with van der Waals surface area (Å²) in [7, 11) is 2.80. The monoisotopic (exact) mass is 982 g/mol. The van der Waals surface area contributed by atoms with Crippen LogP contribution in [0.25, 0.3) is 0 Å². The number of hydrogen-bond acceptors (Lipinski definition) is 14. The molecule has 3 aromatic carbocycles. The fraction of sp³-hybridized carbons (Fsp3) is 0.481. The Morgan fingerprint density at radius 1 is 0.704 bits per heavy atom. The fourth-order valence-electron chi connectivity index (χ4n) is 9.50. The number of esters is 1. The first-order valence-electron chi connectivity index (χ1n) is 23.5. The zero-order valence-electron chi connectivity index (χ0n) is 41.4. The highest BCUT2D eigenvalue weighted by Crippen LogP contribution is 2.45. The molecule has 0 saturated carbocycles. The van der Waals surface area contributed by atoms with E-state index in [1.807, 2.05) is 0 Å². The Bertz CT molecular complexity index is 2650. The number of aliphatic hydroxyl groups is 1. The summed E-state index contributed by atoms with van der Waals surface area (Å²) in [5.41, 5.74) is 0.969. The summed E-state index contributed by atoms with van der Waals surface area (Å²) in [4.78, 5) is 74.5. The first kappa shape index (κ1) is 50.6. The molecule has 71 heavy (non-hydrogen) atoms. The van der Waals surface area contributed by atoms with E-state index in [4.69, 9.17) is 37.9 Å². The van der Waals surface area contributed by atoms with Crippen LogP contribution >= 0.6 is 0 Å². The van der Waals surface area contributed by atoms with Crippen molar-refractivity contribution in [2.24, 2.45) is 0 Å².